The number of aryl methyl sites for hydroxylation is 1. The van der Waals surface area contributed by atoms with Gasteiger partial charge in [0.05, 0.1) is 16.9 Å². The highest BCUT2D eigenvalue weighted by molar-refractivity contribution is 5.86. The van der Waals surface area contributed by atoms with Gasteiger partial charge in [-0.15, -0.1) is 0 Å². The van der Waals surface area contributed by atoms with E-state index in [1.54, 1.807) is 42.1 Å². The van der Waals surface area contributed by atoms with Crippen molar-refractivity contribution in [2.45, 2.75) is 12.1 Å². The molecule has 10 heteroatoms. The van der Waals surface area contributed by atoms with Crippen molar-refractivity contribution in [3.8, 4) is 28.1 Å². The molecule has 4 aromatic rings. The number of halogens is 3. The van der Waals surface area contributed by atoms with Gasteiger partial charge in [0.1, 0.15) is 5.75 Å². The fraction of sp³-hybridized carbons (Fsp3) is 0.217. The third kappa shape index (κ3) is 4.17. The van der Waals surface area contributed by atoms with Crippen molar-refractivity contribution < 1.29 is 22.7 Å². The van der Waals surface area contributed by atoms with Crippen molar-refractivity contribution in [1.29, 1.82) is 0 Å². The van der Waals surface area contributed by atoms with Crippen LogP contribution < -0.4 is 10.1 Å². The van der Waals surface area contributed by atoms with Gasteiger partial charge in [-0.05, 0) is 47.5 Å². The number of ether oxygens (including phenoxy) is 1. The first-order chi connectivity index (χ1) is 15.8. The van der Waals surface area contributed by atoms with E-state index in [1.165, 1.54) is 6.07 Å². The molecule has 3 heterocycles. The number of benzene rings is 2. The number of hydrogen-bond acceptors (Lipinski definition) is 6. The van der Waals surface area contributed by atoms with Gasteiger partial charge in [0.2, 0.25) is 0 Å². The van der Waals surface area contributed by atoms with Crippen molar-refractivity contribution >= 4 is 16.9 Å². The number of esters is 1. The molecule has 33 heavy (non-hydrogen) atoms. The molecule has 5 rings (SSSR count). The molecule has 1 saturated heterocycles. The van der Waals surface area contributed by atoms with Gasteiger partial charge in [-0.3, -0.25) is 4.68 Å². The molecule has 0 amide bonds. The standard InChI is InChI=1S/C23H18F3N5O2/c1-31-12-15-8-13(3-5-19(15)30-31)14-2-4-17(21(9-14)33-22(32)23(24,25)26)20-7-6-18(28-29-20)16-10-27-11-16/h2-9,12,16,27H,10-11H2,1H3. The van der Waals surface area contributed by atoms with Crippen molar-refractivity contribution in [1.82, 2.24) is 25.3 Å². The molecular formula is C23H18F3N5O2. The number of nitrogens with zero attached hydrogens (tertiary/aromatic N) is 4. The monoisotopic (exact) mass is 453 g/mol. The first-order valence-corrected chi connectivity index (χ1v) is 10.2. The lowest BCUT2D eigenvalue weighted by atomic mass is 9.98. The molecule has 0 saturated carbocycles. The van der Waals surface area contributed by atoms with Gasteiger partial charge in [0.25, 0.3) is 0 Å². The Balaban J connectivity index is 1.55. The molecule has 0 bridgehead atoms. The van der Waals surface area contributed by atoms with Crippen LogP contribution in [0.4, 0.5) is 13.2 Å². The van der Waals surface area contributed by atoms with Gasteiger partial charge >= 0.3 is 12.1 Å². The second-order valence-electron chi connectivity index (χ2n) is 7.87. The molecule has 0 radical (unpaired) electrons. The fourth-order valence-corrected chi connectivity index (χ4v) is 3.69. The Morgan fingerprint density at radius 1 is 1.06 bits per heavy atom. The van der Waals surface area contributed by atoms with E-state index < -0.39 is 12.1 Å². The summed E-state index contributed by atoms with van der Waals surface area (Å²) in [5.41, 5.74) is 3.46. The molecule has 0 atom stereocenters. The number of fused-ring (bicyclic) bond motifs is 1. The Labute approximate surface area is 186 Å². The van der Waals surface area contributed by atoms with Gasteiger partial charge in [0, 0.05) is 43.2 Å². The number of hydrogen-bond donors (Lipinski definition) is 1. The highest BCUT2D eigenvalue weighted by Gasteiger charge is 2.41. The lowest BCUT2D eigenvalue weighted by Gasteiger charge is -2.25. The van der Waals surface area contributed by atoms with Crippen LogP contribution in [0, 0.1) is 0 Å². The Kier molecular flexibility index (Phi) is 5.09. The molecule has 0 aliphatic carbocycles. The van der Waals surface area contributed by atoms with Crippen LogP contribution in [0.2, 0.25) is 0 Å². The Morgan fingerprint density at radius 2 is 1.82 bits per heavy atom. The maximum atomic E-state index is 12.9. The first-order valence-electron chi connectivity index (χ1n) is 10.2. The largest absolute Gasteiger partial charge is 0.491 e. The van der Waals surface area contributed by atoms with E-state index in [0.29, 0.717) is 11.3 Å². The van der Waals surface area contributed by atoms with Crippen LogP contribution in [-0.2, 0) is 11.8 Å². The number of aromatic nitrogens is 4. The lowest BCUT2D eigenvalue weighted by molar-refractivity contribution is -0.189. The topological polar surface area (TPSA) is 81.9 Å². The fourth-order valence-electron chi connectivity index (χ4n) is 3.69. The van der Waals surface area contributed by atoms with E-state index in [2.05, 4.69) is 20.6 Å². The third-order valence-electron chi connectivity index (χ3n) is 5.53. The van der Waals surface area contributed by atoms with Crippen LogP contribution >= 0.6 is 0 Å². The van der Waals surface area contributed by atoms with Gasteiger partial charge in [-0.2, -0.15) is 28.5 Å². The van der Waals surface area contributed by atoms with Crippen LogP contribution in [0.3, 0.4) is 0 Å². The first kappa shape index (κ1) is 21.1. The highest BCUT2D eigenvalue weighted by Crippen LogP contribution is 2.35. The Hall–Kier alpha value is -3.79. The Morgan fingerprint density at radius 3 is 2.48 bits per heavy atom. The van der Waals surface area contributed by atoms with Gasteiger partial charge < -0.3 is 10.1 Å². The molecule has 0 unspecified atom stereocenters. The van der Waals surface area contributed by atoms with E-state index in [1.807, 2.05) is 18.3 Å². The van der Waals surface area contributed by atoms with Crippen molar-refractivity contribution in [3.63, 3.8) is 0 Å². The summed E-state index contributed by atoms with van der Waals surface area (Å²) >= 11 is 0. The number of alkyl halides is 3. The summed E-state index contributed by atoms with van der Waals surface area (Å²) in [5, 5.41) is 16.7. The summed E-state index contributed by atoms with van der Waals surface area (Å²) < 4.78 is 45.3. The predicted octanol–water partition coefficient (Wildman–Crippen LogP) is 3.85. The predicted molar refractivity (Wildman–Crippen MR) is 114 cm³/mol. The normalized spacial score (nSPS) is 14.3. The molecule has 168 valence electrons. The molecule has 1 aliphatic heterocycles. The molecule has 1 aliphatic rings. The van der Waals surface area contributed by atoms with Crippen LogP contribution in [0.25, 0.3) is 33.3 Å². The molecule has 2 aromatic carbocycles. The van der Waals surface area contributed by atoms with Crippen LogP contribution in [0.1, 0.15) is 11.6 Å². The minimum atomic E-state index is -5.13. The van der Waals surface area contributed by atoms with Crippen LogP contribution in [0.5, 0.6) is 5.75 Å². The van der Waals surface area contributed by atoms with Gasteiger partial charge in [-0.1, -0.05) is 12.1 Å². The molecular weight excluding hydrogens is 435 g/mol. The minimum Gasteiger partial charge on any atom is -0.419 e. The lowest BCUT2D eigenvalue weighted by Crippen LogP contribution is -2.40. The summed E-state index contributed by atoms with van der Waals surface area (Å²) in [6.07, 6.45) is -3.29. The zero-order chi connectivity index (χ0) is 23.2. The molecule has 1 fully saturated rings. The van der Waals surface area contributed by atoms with E-state index in [0.717, 1.165) is 35.2 Å². The molecule has 2 aromatic heterocycles. The summed E-state index contributed by atoms with van der Waals surface area (Å²) in [6, 6.07) is 13.7. The highest BCUT2D eigenvalue weighted by atomic mass is 19.4. The second kappa shape index (κ2) is 7.96. The summed E-state index contributed by atoms with van der Waals surface area (Å²) in [5.74, 6) is -2.28. The van der Waals surface area contributed by atoms with E-state index >= 15 is 0 Å². The summed E-state index contributed by atoms with van der Waals surface area (Å²) in [4.78, 5) is 11.6. The van der Waals surface area contributed by atoms with Crippen LogP contribution in [0.15, 0.2) is 54.7 Å². The molecule has 0 spiro atoms. The maximum absolute atomic E-state index is 12.9. The summed E-state index contributed by atoms with van der Waals surface area (Å²) in [7, 11) is 1.80. The van der Waals surface area contributed by atoms with E-state index in [-0.39, 0.29) is 17.2 Å². The zero-order valence-electron chi connectivity index (χ0n) is 17.4. The smallest absolute Gasteiger partial charge is 0.419 e. The zero-order valence-corrected chi connectivity index (χ0v) is 17.4. The quantitative estimate of drug-likeness (QED) is 0.373. The van der Waals surface area contributed by atoms with Crippen LogP contribution in [-0.4, -0.2) is 45.2 Å². The number of nitrogens with one attached hydrogen (secondary N) is 1. The Bertz CT molecular complexity index is 1340. The number of carbonyl (C=O) groups excluding carboxylic acids is 1. The minimum absolute atomic E-state index is 0.240. The average molecular weight is 453 g/mol. The third-order valence-corrected chi connectivity index (χ3v) is 5.53. The molecule has 7 nitrogen and oxygen atoms in total. The van der Waals surface area contributed by atoms with Gasteiger partial charge in [-0.25, -0.2) is 4.79 Å². The average Bonchev–Trinajstić information content (AvgIpc) is 3.11. The second-order valence-corrected chi connectivity index (χ2v) is 7.87. The van der Waals surface area contributed by atoms with Crippen molar-refractivity contribution in [2.24, 2.45) is 7.05 Å². The van der Waals surface area contributed by atoms with Crippen molar-refractivity contribution in [3.05, 3.63) is 60.4 Å². The molecule has 1 N–H and O–H groups in total. The maximum Gasteiger partial charge on any atom is 0.491 e. The number of carbonyl (C=O) groups is 1. The summed E-state index contributed by atoms with van der Waals surface area (Å²) in [6.45, 7) is 1.61. The van der Waals surface area contributed by atoms with Gasteiger partial charge in [0.15, 0.2) is 0 Å². The SMILES string of the molecule is Cn1cc2cc(-c3ccc(-c4ccc(C5CNC5)nn4)c(OC(=O)C(F)(F)F)c3)ccc2n1. The number of rotatable bonds is 4. The van der Waals surface area contributed by atoms with Crippen molar-refractivity contribution in [2.75, 3.05) is 13.1 Å². The van der Waals surface area contributed by atoms with E-state index in [4.69, 9.17) is 4.74 Å². The van der Waals surface area contributed by atoms with E-state index in [9.17, 15) is 18.0 Å².